The third-order valence-corrected chi connectivity index (χ3v) is 4.93. The monoisotopic (exact) mass is 397 g/mol. The number of carbonyl (C=O) groups excluding carboxylic acids is 1. The van der Waals surface area contributed by atoms with Gasteiger partial charge in [0.25, 0.3) is 5.69 Å². The van der Waals surface area contributed by atoms with Crippen molar-refractivity contribution in [3.8, 4) is 0 Å². The third-order valence-electron chi connectivity index (χ3n) is 4.93. The van der Waals surface area contributed by atoms with Crippen molar-refractivity contribution < 1.29 is 14.5 Å². The lowest BCUT2D eigenvalue weighted by Crippen LogP contribution is -2.44. The number of non-ortho nitro benzene ring substituents is 1. The Morgan fingerprint density at radius 2 is 1.59 bits per heavy atom. The molecule has 3 rings (SSSR count). The molecule has 29 heavy (non-hydrogen) atoms. The Morgan fingerprint density at radius 3 is 2.17 bits per heavy atom. The number of carbonyl (C=O) groups is 1. The highest BCUT2D eigenvalue weighted by molar-refractivity contribution is 5.78. The molecule has 1 fully saturated rings. The number of nitrogens with zero attached hydrogens (tertiary/aromatic N) is 2. The molecule has 154 valence electrons. The molecule has 0 aromatic heterocycles. The van der Waals surface area contributed by atoms with Crippen molar-refractivity contribution in [2.45, 2.75) is 45.6 Å². The minimum absolute atomic E-state index is 0.0234. The largest absolute Gasteiger partial charge is 0.373 e. The molecule has 7 nitrogen and oxygen atoms in total. The van der Waals surface area contributed by atoms with E-state index in [4.69, 9.17) is 4.74 Å². The SMILES string of the molecule is CC1CN(Cc2ccc(CNC(=O)Cc3ccc([N+](=O)[O-])cc3)cc2)CC(C)O1. The van der Waals surface area contributed by atoms with Crippen molar-refractivity contribution in [1.82, 2.24) is 10.2 Å². The first kappa shape index (κ1) is 21.0. The second-order valence-electron chi connectivity index (χ2n) is 7.64. The Morgan fingerprint density at radius 1 is 1.03 bits per heavy atom. The summed E-state index contributed by atoms with van der Waals surface area (Å²) < 4.78 is 5.77. The molecule has 7 heteroatoms. The standard InChI is InChI=1S/C22H27N3O4/c1-16-13-24(14-17(2)29-16)15-20-5-3-19(4-6-20)12-23-22(26)11-18-7-9-21(10-8-18)25(27)28/h3-10,16-17H,11-15H2,1-2H3,(H,23,26). The highest BCUT2D eigenvalue weighted by Crippen LogP contribution is 2.15. The summed E-state index contributed by atoms with van der Waals surface area (Å²) in [7, 11) is 0. The lowest BCUT2D eigenvalue weighted by molar-refractivity contribution is -0.384. The maximum absolute atomic E-state index is 12.1. The Hall–Kier alpha value is -2.77. The van der Waals surface area contributed by atoms with Gasteiger partial charge in [0.05, 0.1) is 23.6 Å². The minimum atomic E-state index is -0.451. The minimum Gasteiger partial charge on any atom is -0.373 e. The second-order valence-corrected chi connectivity index (χ2v) is 7.64. The summed E-state index contributed by atoms with van der Waals surface area (Å²) in [6, 6.07) is 14.3. The van der Waals surface area contributed by atoms with Crippen LogP contribution in [-0.4, -0.2) is 41.0 Å². The third kappa shape index (κ3) is 6.37. The zero-order chi connectivity index (χ0) is 20.8. The van der Waals surface area contributed by atoms with Gasteiger partial charge in [0.15, 0.2) is 0 Å². The number of nitro groups is 1. The average molecular weight is 397 g/mol. The molecule has 1 N–H and O–H groups in total. The molecule has 2 aromatic carbocycles. The number of nitro benzene ring substituents is 1. The summed E-state index contributed by atoms with van der Waals surface area (Å²) in [6.45, 7) is 7.42. The molecule has 1 aliphatic heterocycles. The van der Waals surface area contributed by atoms with Gasteiger partial charge in [-0.2, -0.15) is 0 Å². The topological polar surface area (TPSA) is 84.7 Å². The van der Waals surface area contributed by atoms with Crippen molar-refractivity contribution in [3.05, 3.63) is 75.3 Å². The van der Waals surface area contributed by atoms with Gasteiger partial charge >= 0.3 is 0 Å². The smallest absolute Gasteiger partial charge is 0.269 e. The van der Waals surface area contributed by atoms with Gasteiger partial charge in [-0.05, 0) is 30.5 Å². The average Bonchev–Trinajstić information content (AvgIpc) is 2.67. The molecule has 0 spiro atoms. The molecule has 2 aromatic rings. The maximum atomic E-state index is 12.1. The van der Waals surface area contributed by atoms with E-state index in [2.05, 4.69) is 36.2 Å². The van der Waals surface area contributed by atoms with E-state index in [9.17, 15) is 14.9 Å². The molecule has 2 atom stereocenters. The highest BCUT2D eigenvalue weighted by Gasteiger charge is 2.21. The number of hydrogen-bond acceptors (Lipinski definition) is 5. The van der Waals surface area contributed by atoms with Crippen molar-refractivity contribution in [2.75, 3.05) is 13.1 Å². The first-order valence-electron chi connectivity index (χ1n) is 9.84. The summed E-state index contributed by atoms with van der Waals surface area (Å²) in [5, 5.41) is 13.6. The number of morpholine rings is 1. The Kier molecular flexibility index (Phi) is 6.95. The van der Waals surface area contributed by atoms with Crippen LogP contribution in [0.15, 0.2) is 48.5 Å². The van der Waals surface area contributed by atoms with Gasteiger partial charge in [-0.15, -0.1) is 0 Å². The van der Waals surface area contributed by atoms with E-state index in [-0.39, 0.29) is 30.2 Å². The van der Waals surface area contributed by atoms with E-state index in [0.29, 0.717) is 6.54 Å². The first-order valence-corrected chi connectivity index (χ1v) is 9.84. The zero-order valence-corrected chi connectivity index (χ0v) is 16.8. The number of hydrogen-bond donors (Lipinski definition) is 1. The fourth-order valence-electron chi connectivity index (χ4n) is 3.62. The summed E-state index contributed by atoms with van der Waals surface area (Å²) in [6.07, 6.45) is 0.705. The molecule has 0 radical (unpaired) electrons. The predicted octanol–water partition coefficient (Wildman–Crippen LogP) is 3.06. The molecule has 1 saturated heterocycles. The van der Waals surface area contributed by atoms with E-state index in [1.165, 1.54) is 17.7 Å². The van der Waals surface area contributed by atoms with E-state index in [1.54, 1.807) is 12.1 Å². The van der Waals surface area contributed by atoms with Crippen LogP contribution in [0.4, 0.5) is 5.69 Å². The molecular weight excluding hydrogens is 370 g/mol. The highest BCUT2D eigenvalue weighted by atomic mass is 16.6. The molecule has 1 aliphatic rings. The van der Waals surface area contributed by atoms with Gasteiger partial charge in [-0.3, -0.25) is 19.8 Å². The van der Waals surface area contributed by atoms with Crippen LogP contribution in [0.5, 0.6) is 0 Å². The molecule has 0 aliphatic carbocycles. The Balaban J connectivity index is 1.45. The Bertz CT molecular complexity index is 826. The van der Waals surface area contributed by atoms with Gasteiger partial charge in [0.2, 0.25) is 5.91 Å². The van der Waals surface area contributed by atoms with E-state index >= 15 is 0 Å². The summed E-state index contributed by atoms with van der Waals surface area (Å²) in [5.74, 6) is -0.112. The number of nitrogens with one attached hydrogen (secondary N) is 1. The van der Waals surface area contributed by atoms with Crippen LogP contribution in [0.25, 0.3) is 0 Å². The molecule has 0 saturated carbocycles. The molecular formula is C22H27N3O4. The predicted molar refractivity (Wildman–Crippen MR) is 110 cm³/mol. The number of benzene rings is 2. The van der Waals surface area contributed by atoms with E-state index in [0.717, 1.165) is 30.8 Å². The molecule has 1 amide bonds. The fraction of sp³-hybridized carbons (Fsp3) is 0.409. The normalized spacial score (nSPS) is 19.7. The molecule has 2 unspecified atom stereocenters. The summed E-state index contributed by atoms with van der Waals surface area (Å²) in [5.41, 5.74) is 3.05. The van der Waals surface area contributed by atoms with Gasteiger partial charge in [-0.25, -0.2) is 0 Å². The fourth-order valence-corrected chi connectivity index (χ4v) is 3.62. The van der Waals surface area contributed by atoms with Crippen LogP contribution < -0.4 is 5.32 Å². The lowest BCUT2D eigenvalue weighted by atomic mass is 10.1. The van der Waals surface area contributed by atoms with Crippen molar-refractivity contribution in [1.29, 1.82) is 0 Å². The second kappa shape index (κ2) is 9.62. The van der Waals surface area contributed by atoms with Gasteiger partial charge in [0, 0.05) is 38.3 Å². The van der Waals surface area contributed by atoms with Gasteiger partial charge in [-0.1, -0.05) is 36.4 Å². The van der Waals surface area contributed by atoms with E-state index < -0.39 is 4.92 Å². The number of ether oxygens (including phenoxy) is 1. The lowest BCUT2D eigenvalue weighted by Gasteiger charge is -2.35. The van der Waals surface area contributed by atoms with Crippen LogP contribution in [0.3, 0.4) is 0 Å². The van der Waals surface area contributed by atoms with Crippen molar-refractivity contribution in [3.63, 3.8) is 0 Å². The van der Waals surface area contributed by atoms with Crippen LogP contribution in [-0.2, 0) is 29.0 Å². The number of amides is 1. The first-order chi connectivity index (χ1) is 13.9. The van der Waals surface area contributed by atoms with Crippen LogP contribution in [0.2, 0.25) is 0 Å². The van der Waals surface area contributed by atoms with Crippen LogP contribution in [0.1, 0.15) is 30.5 Å². The zero-order valence-electron chi connectivity index (χ0n) is 16.8. The van der Waals surface area contributed by atoms with E-state index in [1.807, 2.05) is 12.1 Å². The summed E-state index contributed by atoms with van der Waals surface area (Å²) >= 11 is 0. The summed E-state index contributed by atoms with van der Waals surface area (Å²) in [4.78, 5) is 24.8. The van der Waals surface area contributed by atoms with Crippen molar-refractivity contribution >= 4 is 11.6 Å². The quantitative estimate of drug-likeness (QED) is 0.573. The number of rotatable bonds is 7. The maximum Gasteiger partial charge on any atom is 0.269 e. The van der Waals surface area contributed by atoms with Gasteiger partial charge in [0.1, 0.15) is 0 Å². The van der Waals surface area contributed by atoms with Gasteiger partial charge < -0.3 is 10.1 Å². The molecule has 0 bridgehead atoms. The van der Waals surface area contributed by atoms with Crippen LogP contribution in [0, 0.1) is 10.1 Å². The van der Waals surface area contributed by atoms with Crippen LogP contribution >= 0.6 is 0 Å². The van der Waals surface area contributed by atoms with Crippen molar-refractivity contribution in [2.24, 2.45) is 0 Å². The molecule has 1 heterocycles. The Labute approximate surface area is 170 Å².